The lowest BCUT2D eigenvalue weighted by molar-refractivity contribution is 0.0602. The molecule has 0 unspecified atom stereocenters. The van der Waals surface area contributed by atoms with Crippen molar-refractivity contribution in [2.45, 2.75) is 25.5 Å². The highest BCUT2D eigenvalue weighted by molar-refractivity contribution is 7.88. The number of aromatic nitrogens is 2. The Morgan fingerprint density at radius 3 is 2.51 bits per heavy atom. The van der Waals surface area contributed by atoms with Gasteiger partial charge in [0.1, 0.15) is 5.69 Å². The minimum absolute atomic E-state index is 0.0382. The number of rotatable bonds is 9. The molecule has 41 heavy (non-hydrogen) atoms. The van der Waals surface area contributed by atoms with Crippen LogP contribution in [0.2, 0.25) is 5.02 Å². The van der Waals surface area contributed by atoms with E-state index >= 15 is 0 Å². The number of methoxy groups -OCH3 is 1. The zero-order valence-corrected chi connectivity index (χ0v) is 24.4. The molecule has 1 aliphatic heterocycles. The second-order valence-electron chi connectivity index (χ2n) is 10.7. The summed E-state index contributed by atoms with van der Waals surface area (Å²) in [6.45, 7) is 3.60. The Bertz CT molecular complexity index is 1630. The summed E-state index contributed by atoms with van der Waals surface area (Å²) in [5, 5.41) is 4.87. The van der Waals surface area contributed by atoms with Crippen molar-refractivity contribution in [1.82, 2.24) is 14.1 Å². The van der Waals surface area contributed by atoms with E-state index in [-0.39, 0.29) is 41.3 Å². The van der Waals surface area contributed by atoms with Crippen molar-refractivity contribution in [3.63, 3.8) is 0 Å². The molecule has 2 N–H and O–H groups in total. The first-order valence-corrected chi connectivity index (χ1v) is 15.2. The van der Waals surface area contributed by atoms with Crippen LogP contribution in [0.15, 0.2) is 53.5 Å². The summed E-state index contributed by atoms with van der Waals surface area (Å²) in [5.74, 6) is -0.738. The van der Waals surface area contributed by atoms with E-state index in [0.29, 0.717) is 41.7 Å². The number of nitrogens with zero attached hydrogens (tertiary/aromatic N) is 4. The van der Waals surface area contributed by atoms with Crippen LogP contribution >= 0.6 is 11.6 Å². The molecule has 0 amide bonds. The van der Waals surface area contributed by atoms with Crippen molar-refractivity contribution in [2.75, 3.05) is 50.5 Å². The third kappa shape index (κ3) is 6.34. The summed E-state index contributed by atoms with van der Waals surface area (Å²) in [4.78, 5) is 27.5. The number of carbonyl (C=O) groups excluding carboxylic acids is 1. The number of nitrogens with two attached hydrogens (primary N) is 1. The molecule has 0 radical (unpaired) electrons. The van der Waals surface area contributed by atoms with Gasteiger partial charge in [0, 0.05) is 42.3 Å². The molecular formula is C28H32ClN5O6S. The van der Waals surface area contributed by atoms with Crippen LogP contribution in [0.1, 0.15) is 35.7 Å². The van der Waals surface area contributed by atoms with Crippen molar-refractivity contribution in [2.24, 2.45) is 5.41 Å². The minimum Gasteiger partial charge on any atom is -0.486 e. The maximum Gasteiger partial charge on any atom is 0.339 e. The molecule has 1 saturated carbocycles. The van der Waals surface area contributed by atoms with Crippen molar-refractivity contribution in [3.8, 4) is 11.4 Å². The van der Waals surface area contributed by atoms with Gasteiger partial charge in [-0.05, 0) is 48.7 Å². The molecular weight excluding hydrogens is 570 g/mol. The van der Waals surface area contributed by atoms with Crippen molar-refractivity contribution < 1.29 is 22.7 Å². The number of halogens is 1. The van der Waals surface area contributed by atoms with E-state index in [0.717, 1.165) is 12.8 Å². The van der Waals surface area contributed by atoms with Crippen LogP contribution < -0.4 is 20.9 Å². The van der Waals surface area contributed by atoms with Crippen molar-refractivity contribution >= 4 is 39.0 Å². The SMILES string of the molecule is COC(=O)c1cc(CS(=O)(=O)N2CCN(c3cnn(-c4cccc(Cl)c4)c(=O)c3OCC3(C)CC3)CC2)ccc1N. The van der Waals surface area contributed by atoms with Crippen LogP contribution in [0.5, 0.6) is 5.75 Å². The number of esters is 1. The summed E-state index contributed by atoms with van der Waals surface area (Å²) in [6, 6.07) is 11.4. The van der Waals surface area contributed by atoms with Gasteiger partial charge in [-0.1, -0.05) is 30.7 Å². The maximum absolute atomic E-state index is 13.6. The van der Waals surface area contributed by atoms with Crippen molar-refractivity contribution in [1.29, 1.82) is 0 Å². The normalized spacial score (nSPS) is 16.8. The fraction of sp³-hybridized carbons (Fsp3) is 0.393. The number of ether oxygens (including phenoxy) is 2. The van der Waals surface area contributed by atoms with Gasteiger partial charge in [-0.15, -0.1) is 0 Å². The summed E-state index contributed by atoms with van der Waals surface area (Å²) >= 11 is 6.14. The lowest BCUT2D eigenvalue weighted by Gasteiger charge is -2.35. The molecule has 218 valence electrons. The maximum atomic E-state index is 13.6. The molecule has 3 aromatic rings. The molecule has 1 saturated heterocycles. The molecule has 5 rings (SSSR count). The van der Waals surface area contributed by atoms with Crippen LogP contribution in [0.3, 0.4) is 0 Å². The molecule has 0 spiro atoms. The van der Waals surface area contributed by atoms with Crippen LogP contribution in [-0.4, -0.2) is 68.4 Å². The molecule has 13 heteroatoms. The van der Waals surface area contributed by atoms with Gasteiger partial charge in [-0.25, -0.2) is 13.2 Å². The highest BCUT2D eigenvalue weighted by atomic mass is 35.5. The monoisotopic (exact) mass is 601 g/mol. The summed E-state index contributed by atoms with van der Waals surface area (Å²) in [5.41, 5.74) is 7.29. The second kappa shape index (κ2) is 11.3. The summed E-state index contributed by atoms with van der Waals surface area (Å²) < 4.78 is 40.1. The average Bonchev–Trinajstić information content (AvgIpc) is 3.69. The van der Waals surface area contributed by atoms with Gasteiger partial charge in [0.05, 0.1) is 36.9 Å². The van der Waals surface area contributed by atoms with E-state index in [1.807, 2.05) is 4.90 Å². The van der Waals surface area contributed by atoms with E-state index in [2.05, 4.69) is 12.0 Å². The molecule has 11 nitrogen and oxygen atoms in total. The third-order valence-corrected chi connectivity index (χ3v) is 9.57. The highest BCUT2D eigenvalue weighted by Gasteiger charge is 2.39. The Kier molecular flexibility index (Phi) is 8.00. The smallest absolute Gasteiger partial charge is 0.339 e. The topological polar surface area (TPSA) is 137 Å². The fourth-order valence-corrected chi connectivity index (χ4v) is 6.36. The fourth-order valence-electron chi connectivity index (χ4n) is 4.68. The van der Waals surface area contributed by atoms with Gasteiger partial charge in [0.25, 0.3) is 0 Å². The molecule has 2 fully saturated rings. The quantitative estimate of drug-likeness (QED) is 0.290. The Morgan fingerprint density at radius 1 is 1.12 bits per heavy atom. The predicted octanol–water partition coefficient (Wildman–Crippen LogP) is 3.09. The molecule has 1 aliphatic carbocycles. The Labute approximate surface area is 243 Å². The van der Waals surface area contributed by atoms with E-state index < -0.39 is 21.6 Å². The Morgan fingerprint density at radius 2 is 1.85 bits per heavy atom. The molecule has 2 aromatic carbocycles. The molecule has 1 aromatic heterocycles. The van der Waals surface area contributed by atoms with Gasteiger partial charge in [-0.2, -0.15) is 14.1 Å². The molecule has 0 bridgehead atoms. The number of nitrogen functional groups attached to an aromatic ring is 1. The van der Waals surface area contributed by atoms with Gasteiger partial charge >= 0.3 is 11.5 Å². The summed E-state index contributed by atoms with van der Waals surface area (Å²) in [6.07, 6.45) is 3.64. The van der Waals surface area contributed by atoms with E-state index in [9.17, 15) is 18.0 Å². The van der Waals surface area contributed by atoms with E-state index in [4.69, 9.17) is 26.8 Å². The zero-order chi connectivity index (χ0) is 29.4. The average molecular weight is 602 g/mol. The van der Waals surface area contributed by atoms with Crippen LogP contribution in [-0.2, 0) is 20.5 Å². The van der Waals surface area contributed by atoms with Gasteiger partial charge in [0.2, 0.25) is 15.8 Å². The molecule has 0 atom stereocenters. The standard InChI is InChI=1S/C28H32ClN5O6S/c1-28(8-9-28)18-40-25-24(16-31-34(26(25)35)21-5-3-4-20(29)15-21)32-10-12-33(13-11-32)41(37,38)17-19-6-7-23(30)22(14-19)27(36)39-2/h3-7,14-16H,8-13,17-18,30H2,1-2H3. The second-order valence-corrected chi connectivity index (χ2v) is 13.1. The molecule has 2 aliphatic rings. The predicted molar refractivity (Wildman–Crippen MR) is 156 cm³/mol. The summed E-state index contributed by atoms with van der Waals surface area (Å²) in [7, 11) is -2.46. The van der Waals surface area contributed by atoms with Gasteiger partial charge in [-0.3, -0.25) is 4.79 Å². The number of hydrogen-bond acceptors (Lipinski definition) is 9. The first-order valence-electron chi connectivity index (χ1n) is 13.2. The van der Waals surface area contributed by atoms with Crippen molar-refractivity contribution in [3.05, 3.63) is 75.2 Å². The first-order chi connectivity index (χ1) is 19.5. The van der Waals surface area contributed by atoms with Crippen LogP contribution in [0, 0.1) is 5.41 Å². The number of carbonyl (C=O) groups is 1. The van der Waals surface area contributed by atoms with Gasteiger partial charge in [0.15, 0.2) is 0 Å². The van der Waals surface area contributed by atoms with E-state index in [1.54, 1.807) is 36.5 Å². The van der Waals surface area contributed by atoms with Crippen LogP contribution in [0.25, 0.3) is 5.69 Å². The lowest BCUT2D eigenvalue weighted by atomic mass is 10.1. The number of benzene rings is 2. The number of anilines is 2. The largest absolute Gasteiger partial charge is 0.486 e. The third-order valence-electron chi connectivity index (χ3n) is 7.48. The number of hydrogen-bond donors (Lipinski definition) is 1. The zero-order valence-electron chi connectivity index (χ0n) is 22.9. The molecule has 2 heterocycles. The lowest BCUT2D eigenvalue weighted by Crippen LogP contribution is -2.49. The number of sulfonamides is 1. The number of piperazine rings is 1. The van der Waals surface area contributed by atoms with Gasteiger partial charge < -0.3 is 20.1 Å². The van der Waals surface area contributed by atoms with E-state index in [1.165, 1.54) is 28.2 Å². The Balaban J connectivity index is 1.35. The first kappa shape index (κ1) is 28.9. The van der Waals surface area contributed by atoms with Crippen LogP contribution in [0.4, 0.5) is 11.4 Å². The Hall–Kier alpha value is -3.61. The minimum atomic E-state index is -3.70. The highest BCUT2D eigenvalue weighted by Crippen LogP contribution is 2.45.